The molecule has 2 rings (SSSR count). The van der Waals surface area contributed by atoms with Crippen LogP contribution < -0.4 is 0 Å². The van der Waals surface area contributed by atoms with Crippen LogP contribution in [0.5, 0.6) is 0 Å². The molecule has 0 saturated heterocycles. The van der Waals surface area contributed by atoms with Crippen molar-refractivity contribution in [3.8, 4) is 0 Å². The molecule has 6 nitrogen and oxygen atoms in total. The third-order valence-electron chi connectivity index (χ3n) is 3.91. The van der Waals surface area contributed by atoms with Crippen LogP contribution in [0.25, 0.3) is 0 Å². The lowest BCUT2D eigenvalue weighted by atomic mass is 10.0. The largest absolute Gasteiger partial charge is 0.425 e. The van der Waals surface area contributed by atoms with Crippen LogP contribution in [0.1, 0.15) is 55.9 Å². The highest BCUT2D eigenvalue weighted by Gasteiger charge is 2.21. The van der Waals surface area contributed by atoms with Crippen LogP contribution in [0, 0.1) is 0 Å². The number of nitrogens with zero attached hydrogens (tertiary/aromatic N) is 3. The van der Waals surface area contributed by atoms with Gasteiger partial charge in [-0.15, -0.1) is 10.2 Å². The zero-order chi connectivity index (χ0) is 18.2. The number of amides is 1. The molecule has 0 spiro atoms. The zero-order valence-electron chi connectivity index (χ0n) is 14.0. The Morgan fingerprint density at radius 3 is 2.64 bits per heavy atom. The van der Waals surface area contributed by atoms with Crippen LogP contribution in [-0.2, 0) is 11.2 Å². The second kappa shape index (κ2) is 9.75. The maximum absolute atomic E-state index is 10.7. The van der Waals surface area contributed by atoms with Gasteiger partial charge in [-0.2, -0.15) is 0 Å². The van der Waals surface area contributed by atoms with Crippen molar-refractivity contribution in [3.05, 3.63) is 45.6 Å². The van der Waals surface area contributed by atoms with E-state index in [0.717, 1.165) is 31.2 Å². The molecule has 1 amide bonds. The Balaban J connectivity index is 2.13. The summed E-state index contributed by atoms with van der Waals surface area (Å²) in [6, 6.07) is 5.27. The summed E-state index contributed by atoms with van der Waals surface area (Å²) >= 11 is 12.3. The fourth-order valence-corrected chi connectivity index (χ4v) is 3.09. The van der Waals surface area contributed by atoms with E-state index in [4.69, 9.17) is 27.6 Å². The number of hydrogen-bond acceptors (Lipinski definition) is 5. The third kappa shape index (κ3) is 5.70. The van der Waals surface area contributed by atoms with Gasteiger partial charge < -0.3 is 4.42 Å². The molecule has 0 radical (unpaired) electrons. The van der Waals surface area contributed by atoms with E-state index in [9.17, 15) is 10.0 Å². The molecular weight excluding hydrogens is 365 g/mol. The molecule has 0 aliphatic rings. The molecule has 0 unspecified atom stereocenters. The van der Waals surface area contributed by atoms with Crippen molar-refractivity contribution in [1.29, 1.82) is 0 Å². The van der Waals surface area contributed by atoms with E-state index in [1.165, 1.54) is 0 Å². The minimum atomic E-state index is -0.218. The number of halogens is 2. The minimum absolute atomic E-state index is 0.113. The van der Waals surface area contributed by atoms with E-state index in [-0.39, 0.29) is 12.5 Å². The van der Waals surface area contributed by atoms with Gasteiger partial charge in [0, 0.05) is 10.0 Å². The van der Waals surface area contributed by atoms with Gasteiger partial charge >= 0.3 is 0 Å². The number of rotatable bonds is 10. The minimum Gasteiger partial charge on any atom is -0.425 e. The Morgan fingerprint density at radius 2 is 2.00 bits per heavy atom. The number of carbonyl (C=O) groups excluding carboxylic acids is 1. The molecule has 1 atom stereocenters. The topological polar surface area (TPSA) is 79.5 Å². The average molecular weight is 386 g/mol. The smallest absolute Gasteiger partial charge is 0.233 e. The summed E-state index contributed by atoms with van der Waals surface area (Å²) in [7, 11) is 0. The van der Waals surface area contributed by atoms with E-state index >= 15 is 0 Å². The van der Waals surface area contributed by atoms with Gasteiger partial charge in [0.05, 0.1) is 18.9 Å². The zero-order valence-corrected chi connectivity index (χ0v) is 15.5. The predicted molar refractivity (Wildman–Crippen MR) is 95.0 cm³/mol. The van der Waals surface area contributed by atoms with E-state index in [2.05, 4.69) is 17.1 Å². The van der Waals surface area contributed by atoms with Gasteiger partial charge in [0.25, 0.3) is 0 Å². The second-order valence-electron chi connectivity index (χ2n) is 5.83. The molecule has 1 N–H and O–H groups in total. The monoisotopic (exact) mass is 385 g/mol. The number of hydrogen-bond donors (Lipinski definition) is 1. The molecule has 1 aromatic carbocycles. The molecular formula is C17H21Cl2N3O3. The van der Waals surface area contributed by atoms with Crippen LogP contribution in [0.3, 0.4) is 0 Å². The quantitative estimate of drug-likeness (QED) is 0.282. The summed E-state index contributed by atoms with van der Waals surface area (Å²) in [5.74, 6) is 0.570. The van der Waals surface area contributed by atoms with Crippen molar-refractivity contribution in [3.63, 3.8) is 0 Å². The second-order valence-corrected chi connectivity index (χ2v) is 6.65. The lowest BCUT2D eigenvalue weighted by Gasteiger charge is -2.16. The maximum Gasteiger partial charge on any atom is 0.233 e. The Bertz CT molecular complexity index is 673. The highest BCUT2D eigenvalue weighted by atomic mass is 35.5. The Hall–Kier alpha value is -1.63. The van der Waals surface area contributed by atoms with Crippen molar-refractivity contribution in [2.45, 2.75) is 44.9 Å². The average Bonchev–Trinajstić information content (AvgIpc) is 3.06. The number of benzene rings is 1. The molecule has 0 fully saturated rings. The van der Waals surface area contributed by atoms with Gasteiger partial charge in [0.2, 0.25) is 18.2 Å². The summed E-state index contributed by atoms with van der Waals surface area (Å²) in [6.07, 6.45) is 4.51. The Kier molecular flexibility index (Phi) is 7.68. The Labute approximate surface area is 156 Å². The van der Waals surface area contributed by atoms with Crippen molar-refractivity contribution >= 4 is 29.6 Å². The van der Waals surface area contributed by atoms with Crippen molar-refractivity contribution in [2.75, 3.05) is 6.54 Å². The molecule has 0 bridgehead atoms. The summed E-state index contributed by atoms with van der Waals surface area (Å²) in [5.41, 5.74) is 0.722. The fourth-order valence-electron chi connectivity index (χ4n) is 2.56. The van der Waals surface area contributed by atoms with E-state index in [1.54, 1.807) is 18.2 Å². The number of hydroxylamine groups is 2. The van der Waals surface area contributed by atoms with Gasteiger partial charge in [-0.3, -0.25) is 10.0 Å². The van der Waals surface area contributed by atoms with Crippen LogP contribution in [0.4, 0.5) is 0 Å². The van der Waals surface area contributed by atoms with Crippen LogP contribution >= 0.6 is 23.2 Å². The van der Waals surface area contributed by atoms with Crippen LogP contribution in [0.2, 0.25) is 10.0 Å². The summed E-state index contributed by atoms with van der Waals surface area (Å²) in [6.45, 7) is 2.22. The molecule has 0 aliphatic carbocycles. The molecule has 8 heteroatoms. The maximum atomic E-state index is 10.7. The lowest BCUT2D eigenvalue weighted by molar-refractivity contribution is -0.151. The molecule has 0 aliphatic heterocycles. The number of unbranched alkanes of at least 4 members (excludes halogenated alkanes) is 2. The van der Waals surface area contributed by atoms with E-state index in [1.807, 2.05) is 0 Å². The molecule has 136 valence electrons. The molecule has 25 heavy (non-hydrogen) atoms. The van der Waals surface area contributed by atoms with Gasteiger partial charge in [-0.25, -0.2) is 5.06 Å². The van der Waals surface area contributed by atoms with E-state index in [0.29, 0.717) is 39.7 Å². The normalized spacial score (nSPS) is 12.2. The van der Waals surface area contributed by atoms with E-state index < -0.39 is 0 Å². The molecule has 0 saturated carbocycles. The van der Waals surface area contributed by atoms with Crippen molar-refractivity contribution in [2.24, 2.45) is 0 Å². The van der Waals surface area contributed by atoms with Gasteiger partial charge in [-0.05, 0) is 24.1 Å². The SMILES string of the molecule is CCCCC[C@H](CN(O)C=O)c1nnc(Cc2c(Cl)cccc2Cl)o1. The fraction of sp³-hybridized carbons (Fsp3) is 0.471. The summed E-state index contributed by atoms with van der Waals surface area (Å²) < 4.78 is 5.74. The lowest BCUT2D eigenvalue weighted by Crippen LogP contribution is -2.24. The first kappa shape index (κ1) is 19.7. The molecule has 1 aromatic heterocycles. The highest BCUT2D eigenvalue weighted by Crippen LogP contribution is 2.28. The van der Waals surface area contributed by atoms with Gasteiger partial charge in [0.1, 0.15) is 0 Å². The number of carbonyl (C=O) groups is 1. The first-order valence-electron chi connectivity index (χ1n) is 8.21. The highest BCUT2D eigenvalue weighted by molar-refractivity contribution is 6.36. The summed E-state index contributed by atoms with van der Waals surface area (Å²) in [4.78, 5) is 10.7. The number of aromatic nitrogens is 2. The Morgan fingerprint density at radius 1 is 1.28 bits per heavy atom. The van der Waals surface area contributed by atoms with Gasteiger partial charge in [-0.1, -0.05) is 55.5 Å². The summed E-state index contributed by atoms with van der Waals surface area (Å²) in [5, 5.41) is 19.3. The van der Waals surface area contributed by atoms with Gasteiger partial charge in [0.15, 0.2) is 0 Å². The van der Waals surface area contributed by atoms with Crippen LogP contribution in [0.15, 0.2) is 22.6 Å². The van der Waals surface area contributed by atoms with Crippen molar-refractivity contribution in [1.82, 2.24) is 15.3 Å². The predicted octanol–water partition coefficient (Wildman–Crippen LogP) is 4.48. The van der Waals surface area contributed by atoms with Crippen LogP contribution in [-0.4, -0.2) is 33.4 Å². The standard InChI is InChI=1S/C17H21Cl2N3O3/c1-2-3-4-6-12(10-22(24)11-23)17-21-20-16(25-17)9-13-14(18)7-5-8-15(13)19/h5,7-8,11-12,24H,2-4,6,9-10H2,1H3/t12-/m1/s1. The van der Waals surface area contributed by atoms with Crippen molar-refractivity contribution < 1.29 is 14.4 Å². The first-order chi connectivity index (χ1) is 12.0. The molecule has 2 aromatic rings. The molecule has 1 heterocycles. The first-order valence-corrected chi connectivity index (χ1v) is 8.96. The third-order valence-corrected chi connectivity index (χ3v) is 4.61.